The fourth-order valence-corrected chi connectivity index (χ4v) is 2.71. The Morgan fingerprint density at radius 2 is 2.11 bits per heavy atom. The van der Waals surface area contributed by atoms with Gasteiger partial charge in [-0.05, 0) is 64.0 Å². The number of oxime groups is 1. The minimum Gasteiger partial charge on any atom is -0.488 e. The molecule has 0 radical (unpaired) electrons. The molecule has 0 unspecified atom stereocenters. The number of ether oxygens (including phenoxy) is 1. The Kier molecular flexibility index (Phi) is 5.21. The summed E-state index contributed by atoms with van der Waals surface area (Å²) < 4.78 is 7.79. The first-order chi connectivity index (χ1) is 9.19. The molecule has 19 heavy (non-hydrogen) atoms. The SMILES string of the molecule is O/N=C\c1ccc(OCc2cccc(Br)c2)c(I)c1. The summed E-state index contributed by atoms with van der Waals surface area (Å²) in [5, 5.41) is 11.5. The van der Waals surface area contributed by atoms with E-state index in [1.54, 1.807) is 0 Å². The number of nitrogens with zero attached hydrogens (tertiary/aromatic N) is 1. The van der Waals surface area contributed by atoms with Crippen LogP contribution in [0.4, 0.5) is 0 Å². The molecule has 2 rings (SSSR count). The van der Waals surface area contributed by atoms with Crippen LogP contribution in [0.2, 0.25) is 0 Å². The average Bonchev–Trinajstić information content (AvgIpc) is 2.38. The van der Waals surface area contributed by atoms with Crippen LogP contribution in [0.3, 0.4) is 0 Å². The molecule has 0 saturated heterocycles. The lowest BCUT2D eigenvalue weighted by atomic mass is 10.2. The molecule has 0 aliphatic rings. The van der Waals surface area contributed by atoms with Crippen LogP contribution in [-0.4, -0.2) is 11.4 Å². The lowest BCUT2D eigenvalue weighted by Crippen LogP contribution is -1.97. The summed E-state index contributed by atoms with van der Waals surface area (Å²) >= 11 is 5.63. The van der Waals surface area contributed by atoms with Crippen molar-refractivity contribution in [3.05, 3.63) is 61.6 Å². The van der Waals surface area contributed by atoms with Gasteiger partial charge in [0.1, 0.15) is 12.4 Å². The van der Waals surface area contributed by atoms with E-state index in [-0.39, 0.29) is 0 Å². The molecule has 0 aliphatic heterocycles. The zero-order valence-corrected chi connectivity index (χ0v) is 13.6. The molecule has 0 aromatic heterocycles. The van der Waals surface area contributed by atoms with Gasteiger partial charge >= 0.3 is 0 Å². The summed E-state index contributed by atoms with van der Waals surface area (Å²) in [7, 11) is 0. The molecule has 0 heterocycles. The van der Waals surface area contributed by atoms with Gasteiger partial charge in [-0.3, -0.25) is 0 Å². The fraction of sp³-hybridized carbons (Fsp3) is 0.0714. The molecule has 3 nitrogen and oxygen atoms in total. The summed E-state index contributed by atoms with van der Waals surface area (Å²) in [5.41, 5.74) is 1.94. The molecular formula is C14H11BrINO2. The highest BCUT2D eigenvalue weighted by Gasteiger charge is 2.03. The smallest absolute Gasteiger partial charge is 0.133 e. The number of hydrogen-bond donors (Lipinski definition) is 1. The molecule has 0 spiro atoms. The third kappa shape index (κ3) is 4.21. The first-order valence-corrected chi connectivity index (χ1v) is 7.40. The van der Waals surface area contributed by atoms with Gasteiger partial charge in [-0.25, -0.2) is 0 Å². The molecule has 2 aromatic rings. The predicted octanol–water partition coefficient (Wildman–Crippen LogP) is 4.44. The Morgan fingerprint density at radius 1 is 1.26 bits per heavy atom. The minimum absolute atomic E-state index is 0.517. The highest BCUT2D eigenvalue weighted by molar-refractivity contribution is 14.1. The Morgan fingerprint density at radius 3 is 2.79 bits per heavy atom. The first kappa shape index (κ1) is 14.3. The third-order valence-corrected chi connectivity index (χ3v) is 3.78. The molecule has 0 amide bonds. The standard InChI is InChI=1S/C14H11BrINO2/c15-12-3-1-2-11(6-12)9-19-14-5-4-10(8-17-18)7-13(14)16/h1-8,18H,9H2/b17-8-. The second-order valence-electron chi connectivity index (χ2n) is 3.85. The number of rotatable bonds is 4. The molecule has 98 valence electrons. The Bertz CT molecular complexity index is 602. The van der Waals surface area contributed by atoms with Gasteiger partial charge in [-0.1, -0.05) is 33.2 Å². The summed E-state index contributed by atoms with van der Waals surface area (Å²) in [4.78, 5) is 0. The van der Waals surface area contributed by atoms with Crippen molar-refractivity contribution in [1.82, 2.24) is 0 Å². The number of benzene rings is 2. The van der Waals surface area contributed by atoms with E-state index in [1.807, 2.05) is 42.5 Å². The maximum absolute atomic E-state index is 8.49. The number of halogens is 2. The first-order valence-electron chi connectivity index (χ1n) is 5.53. The normalized spacial score (nSPS) is 10.8. The lowest BCUT2D eigenvalue weighted by Gasteiger charge is -2.09. The Balaban J connectivity index is 2.07. The van der Waals surface area contributed by atoms with E-state index in [1.165, 1.54) is 6.21 Å². The van der Waals surface area contributed by atoms with Gasteiger partial charge in [0, 0.05) is 4.47 Å². The second kappa shape index (κ2) is 6.91. The van der Waals surface area contributed by atoms with E-state index in [2.05, 4.69) is 43.7 Å². The Hall–Kier alpha value is -1.08. The molecule has 0 bridgehead atoms. The van der Waals surface area contributed by atoms with Gasteiger partial charge in [0.25, 0.3) is 0 Å². The van der Waals surface area contributed by atoms with Crippen molar-refractivity contribution in [2.24, 2.45) is 5.16 Å². The zero-order valence-electron chi connectivity index (χ0n) is 9.88. The van der Waals surface area contributed by atoms with Crippen molar-refractivity contribution in [3.63, 3.8) is 0 Å². The largest absolute Gasteiger partial charge is 0.488 e. The molecule has 0 fully saturated rings. The highest BCUT2D eigenvalue weighted by Crippen LogP contribution is 2.23. The third-order valence-electron chi connectivity index (χ3n) is 2.45. The monoisotopic (exact) mass is 431 g/mol. The summed E-state index contributed by atoms with van der Waals surface area (Å²) in [6, 6.07) is 13.6. The van der Waals surface area contributed by atoms with Gasteiger partial charge in [-0.2, -0.15) is 0 Å². The van der Waals surface area contributed by atoms with Crippen LogP contribution in [0.1, 0.15) is 11.1 Å². The van der Waals surface area contributed by atoms with E-state index in [4.69, 9.17) is 9.94 Å². The van der Waals surface area contributed by atoms with Crippen molar-refractivity contribution in [2.45, 2.75) is 6.61 Å². The molecule has 2 aromatic carbocycles. The van der Waals surface area contributed by atoms with Crippen LogP contribution >= 0.6 is 38.5 Å². The van der Waals surface area contributed by atoms with Crippen LogP contribution in [0.25, 0.3) is 0 Å². The maximum Gasteiger partial charge on any atom is 0.133 e. The topological polar surface area (TPSA) is 41.8 Å². The molecule has 1 N–H and O–H groups in total. The zero-order chi connectivity index (χ0) is 13.7. The van der Waals surface area contributed by atoms with Crippen molar-refractivity contribution in [1.29, 1.82) is 0 Å². The van der Waals surface area contributed by atoms with Crippen LogP contribution in [0.15, 0.2) is 52.1 Å². The Labute approximate surface area is 133 Å². The van der Waals surface area contributed by atoms with Gasteiger partial charge < -0.3 is 9.94 Å². The maximum atomic E-state index is 8.49. The quantitative estimate of drug-likeness (QED) is 0.336. The van der Waals surface area contributed by atoms with Crippen LogP contribution in [0, 0.1) is 3.57 Å². The van der Waals surface area contributed by atoms with Crippen molar-refractivity contribution in [2.75, 3.05) is 0 Å². The van der Waals surface area contributed by atoms with E-state index in [0.29, 0.717) is 6.61 Å². The van der Waals surface area contributed by atoms with Crippen molar-refractivity contribution in [3.8, 4) is 5.75 Å². The van der Waals surface area contributed by atoms with E-state index < -0.39 is 0 Å². The van der Waals surface area contributed by atoms with Crippen LogP contribution in [-0.2, 0) is 6.61 Å². The second-order valence-corrected chi connectivity index (χ2v) is 5.93. The predicted molar refractivity (Wildman–Crippen MR) is 87.0 cm³/mol. The molecular weight excluding hydrogens is 421 g/mol. The van der Waals surface area contributed by atoms with Crippen LogP contribution < -0.4 is 4.74 Å². The van der Waals surface area contributed by atoms with Gasteiger partial charge in [-0.15, -0.1) is 0 Å². The van der Waals surface area contributed by atoms with E-state index in [0.717, 1.165) is 24.9 Å². The molecule has 0 atom stereocenters. The van der Waals surface area contributed by atoms with E-state index in [9.17, 15) is 0 Å². The summed E-state index contributed by atoms with van der Waals surface area (Å²) in [6.07, 6.45) is 1.39. The van der Waals surface area contributed by atoms with Crippen molar-refractivity contribution < 1.29 is 9.94 Å². The van der Waals surface area contributed by atoms with Gasteiger partial charge in [0.15, 0.2) is 0 Å². The molecule has 5 heteroatoms. The van der Waals surface area contributed by atoms with Gasteiger partial charge in [0.05, 0.1) is 9.78 Å². The van der Waals surface area contributed by atoms with Crippen LogP contribution in [0.5, 0.6) is 5.75 Å². The lowest BCUT2D eigenvalue weighted by molar-refractivity contribution is 0.304. The molecule has 0 saturated carbocycles. The fourth-order valence-electron chi connectivity index (χ4n) is 1.57. The van der Waals surface area contributed by atoms with E-state index >= 15 is 0 Å². The van der Waals surface area contributed by atoms with Gasteiger partial charge in [0.2, 0.25) is 0 Å². The summed E-state index contributed by atoms with van der Waals surface area (Å²) in [6.45, 7) is 0.517. The highest BCUT2D eigenvalue weighted by atomic mass is 127. The average molecular weight is 432 g/mol. The minimum atomic E-state index is 0.517. The van der Waals surface area contributed by atoms with Crippen molar-refractivity contribution >= 4 is 44.7 Å². The molecule has 0 aliphatic carbocycles. The number of hydrogen-bond acceptors (Lipinski definition) is 3. The summed E-state index contributed by atoms with van der Waals surface area (Å²) in [5.74, 6) is 0.815.